The van der Waals surface area contributed by atoms with Gasteiger partial charge in [0.25, 0.3) is 0 Å². The van der Waals surface area contributed by atoms with Gasteiger partial charge in [-0.1, -0.05) is 13.8 Å². The molecule has 1 saturated heterocycles. The third kappa shape index (κ3) is 5.03. The minimum Gasteiger partial charge on any atom is -0.494 e. The van der Waals surface area contributed by atoms with Crippen LogP contribution >= 0.6 is 0 Å². The lowest BCUT2D eigenvalue weighted by Crippen LogP contribution is -2.29. The average Bonchev–Trinajstić information content (AvgIpc) is 2.89. The van der Waals surface area contributed by atoms with Gasteiger partial charge in [-0.15, -0.1) is 0 Å². The Morgan fingerprint density at radius 1 is 1.38 bits per heavy atom. The van der Waals surface area contributed by atoms with Crippen LogP contribution in [0.3, 0.4) is 0 Å². The molecule has 1 unspecified atom stereocenters. The van der Waals surface area contributed by atoms with Crippen molar-refractivity contribution in [1.29, 1.82) is 0 Å². The van der Waals surface area contributed by atoms with Gasteiger partial charge >= 0.3 is 0 Å². The van der Waals surface area contributed by atoms with Gasteiger partial charge in [0.15, 0.2) is 0 Å². The van der Waals surface area contributed by atoms with Crippen LogP contribution in [0.4, 0.5) is 4.39 Å². The van der Waals surface area contributed by atoms with Crippen LogP contribution in [0, 0.1) is 17.7 Å². The van der Waals surface area contributed by atoms with E-state index in [0.29, 0.717) is 30.6 Å². The second-order valence-corrected chi connectivity index (χ2v) is 6.18. The van der Waals surface area contributed by atoms with Gasteiger partial charge in [0.2, 0.25) is 5.91 Å². The van der Waals surface area contributed by atoms with Crippen molar-refractivity contribution in [3.8, 4) is 5.75 Å². The molecule has 1 aliphatic heterocycles. The molecular weight excluding hydrogens is 269 g/mol. The molecule has 4 heteroatoms. The summed E-state index contributed by atoms with van der Waals surface area (Å²) < 4.78 is 18.4. The molecule has 21 heavy (non-hydrogen) atoms. The first-order valence-corrected chi connectivity index (χ1v) is 7.70. The third-order valence-corrected chi connectivity index (χ3v) is 3.83. The molecule has 1 aromatic carbocycles. The molecule has 0 radical (unpaired) electrons. The molecule has 0 saturated carbocycles. The van der Waals surface area contributed by atoms with Crippen LogP contribution in [-0.2, 0) is 4.79 Å². The van der Waals surface area contributed by atoms with Crippen LogP contribution in [0.2, 0.25) is 0 Å². The predicted molar refractivity (Wildman–Crippen MR) is 80.7 cm³/mol. The van der Waals surface area contributed by atoms with E-state index in [0.717, 1.165) is 25.9 Å². The van der Waals surface area contributed by atoms with Gasteiger partial charge in [0.1, 0.15) is 11.6 Å². The standard InChI is InChI=1S/C17H24FNO2/c1-13(2)11-17(20)19-9-7-14(12-19)8-10-21-16-5-3-15(18)4-6-16/h3-6,13-14H,7-12H2,1-2H3. The van der Waals surface area contributed by atoms with E-state index in [1.54, 1.807) is 12.1 Å². The normalized spacial score (nSPS) is 18.3. The molecule has 0 bridgehead atoms. The van der Waals surface area contributed by atoms with Crippen molar-refractivity contribution < 1.29 is 13.9 Å². The molecule has 0 spiro atoms. The van der Waals surface area contributed by atoms with E-state index in [2.05, 4.69) is 13.8 Å². The Kier molecular flexibility index (Phi) is 5.59. The van der Waals surface area contributed by atoms with Crippen molar-refractivity contribution >= 4 is 5.91 Å². The molecule has 1 amide bonds. The first-order valence-electron chi connectivity index (χ1n) is 7.70. The molecule has 1 fully saturated rings. The fourth-order valence-corrected chi connectivity index (χ4v) is 2.65. The molecule has 2 rings (SSSR count). The maximum absolute atomic E-state index is 12.8. The Balaban J connectivity index is 1.68. The lowest BCUT2D eigenvalue weighted by molar-refractivity contribution is -0.131. The van der Waals surface area contributed by atoms with Gasteiger partial charge in [0.05, 0.1) is 6.61 Å². The number of rotatable bonds is 6. The van der Waals surface area contributed by atoms with Gasteiger partial charge in [-0.25, -0.2) is 4.39 Å². The second kappa shape index (κ2) is 7.43. The maximum atomic E-state index is 12.8. The largest absolute Gasteiger partial charge is 0.494 e. The third-order valence-electron chi connectivity index (χ3n) is 3.83. The summed E-state index contributed by atoms with van der Waals surface area (Å²) in [5, 5.41) is 0. The van der Waals surface area contributed by atoms with Crippen molar-refractivity contribution in [3.63, 3.8) is 0 Å². The zero-order chi connectivity index (χ0) is 15.2. The smallest absolute Gasteiger partial charge is 0.222 e. The number of benzene rings is 1. The Morgan fingerprint density at radius 2 is 2.10 bits per heavy atom. The molecule has 1 aliphatic rings. The topological polar surface area (TPSA) is 29.5 Å². The number of amides is 1. The summed E-state index contributed by atoms with van der Waals surface area (Å²) in [4.78, 5) is 14.0. The number of carbonyl (C=O) groups is 1. The second-order valence-electron chi connectivity index (χ2n) is 6.18. The van der Waals surface area contributed by atoms with E-state index in [-0.39, 0.29) is 11.7 Å². The number of hydrogen-bond acceptors (Lipinski definition) is 2. The van der Waals surface area contributed by atoms with Crippen LogP contribution in [0.5, 0.6) is 5.75 Å². The van der Waals surface area contributed by atoms with Gasteiger partial charge in [-0.2, -0.15) is 0 Å². The summed E-state index contributed by atoms with van der Waals surface area (Å²) in [7, 11) is 0. The highest BCUT2D eigenvalue weighted by atomic mass is 19.1. The summed E-state index contributed by atoms with van der Waals surface area (Å²) in [6.07, 6.45) is 2.62. The number of nitrogens with zero attached hydrogens (tertiary/aromatic N) is 1. The monoisotopic (exact) mass is 293 g/mol. The Bertz CT molecular complexity index is 458. The zero-order valence-corrected chi connectivity index (χ0v) is 12.8. The number of hydrogen-bond donors (Lipinski definition) is 0. The molecule has 1 aromatic rings. The van der Waals surface area contributed by atoms with Crippen LogP contribution in [0.15, 0.2) is 24.3 Å². The highest BCUT2D eigenvalue weighted by molar-refractivity contribution is 5.76. The first kappa shape index (κ1) is 15.8. The lowest BCUT2D eigenvalue weighted by Gasteiger charge is -2.17. The van der Waals surface area contributed by atoms with E-state index >= 15 is 0 Å². The van der Waals surface area contributed by atoms with Crippen molar-refractivity contribution in [1.82, 2.24) is 4.90 Å². The minimum atomic E-state index is -0.252. The fourth-order valence-electron chi connectivity index (χ4n) is 2.65. The predicted octanol–water partition coefficient (Wildman–Crippen LogP) is 3.49. The maximum Gasteiger partial charge on any atom is 0.222 e. The average molecular weight is 293 g/mol. The Hall–Kier alpha value is -1.58. The molecule has 1 atom stereocenters. The Labute approximate surface area is 126 Å². The van der Waals surface area contributed by atoms with Gasteiger partial charge in [0, 0.05) is 19.5 Å². The first-order chi connectivity index (χ1) is 10.0. The minimum absolute atomic E-state index is 0.252. The van der Waals surface area contributed by atoms with E-state index in [1.165, 1.54) is 12.1 Å². The number of likely N-dealkylation sites (tertiary alicyclic amines) is 1. The van der Waals surface area contributed by atoms with Crippen molar-refractivity contribution in [2.24, 2.45) is 11.8 Å². The van der Waals surface area contributed by atoms with E-state index < -0.39 is 0 Å². The van der Waals surface area contributed by atoms with Crippen molar-refractivity contribution in [3.05, 3.63) is 30.1 Å². The van der Waals surface area contributed by atoms with Crippen LogP contribution in [-0.4, -0.2) is 30.5 Å². The van der Waals surface area contributed by atoms with Crippen LogP contribution < -0.4 is 4.74 Å². The number of halogens is 1. The van der Waals surface area contributed by atoms with Crippen LogP contribution in [0.1, 0.15) is 33.1 Å². The zero-order valence-electron chi connectivity index (χ0n) is 12.8. The van der Waals surface area contributed by atoms with E-state index in [4.69, 9.17) is 4.74 Å². The van der Waals surface area contributed by atoms with Gasteiger partial charge in [-0.3, -0.25) is 4.79 Å². The fraction of sp³-hybridized carbons (Fsp3) is 0.588. The van der Waals surface area contributed by atoms with E-state index in [1.807, 2.05) is 4.90 Å². The molecule has 1 heterocycles. The van der Waals surface area contributed by atoms with E-state index in [9.17, 15) is 9.18 Å². The number of carbonyl (C=O) groups excluding carboxylic acids is 1. The summed E-state index contributed by atoms with van der Waals surface area (Å²) in [5.41, 5.74) is 0. The number of ether oxygens (including phenoxy) is 1. The molecule has 0 aromatic heterocycles. The lowest BCUT2D eigenvalue weighted by atomic mass is 10.1. The summed E-state index contributed by atoms with van der Waals surface area (Å²) in [6, 6.07) is 6.08. The highest BCUT2D eigenvalue weighted by Gasteiger charge is 2.26. The van der Waals surface area contributed by atoms with Crippen molar-refractivity contribution in [2.45, 2.75) is 33.1 Å². The highest BCUT2D eigenvalue weighted by Crippen LogP contribution is 2.22. The molecule has 0 aliphatic carbocycles. The molecular formula is C17H24FNO2. The molecule has 0 N–H and O–H groups in total. The summed E-state index contributed by atoms with van der Waals surface area (Å²) >= 11 is 0. The van der Waals surface area contributed by atoms with Gasteiger partial charge in [-0.05, 0) is 48.9 Å². The Morgan fingerprint density at radius 3 is 2.76 bits per heavy atom. The quantitative estimate of drug-likeness (QED) is 0.803. The summed E-state index contributed by atoms with van der Waals surface area (Å²) in [6.45, 7) is 6.47. The SMILES string of the molecule is CC(C)CC(=O)N1CCC(CCOc2ccc(F)cc2)C1. The van der Waals surface area contributed by atoms with Crippen molar-refractivity contribution in [2.75, 3.05) is 19.7 Å². The van der Waals surface area contributed by atoms with Gasteiger partial charge < -0.3 is 9.64 Å². The molecule has 3 nitrogen and oxygen atoms in total. The summed E-state index contributed by atoms with van der Waals surface area (Å²) in [5.74, 6) is 1.64. The molecule has 116 valence electrons. The van der Waals surface area contributed by atoms with Crippen LogP contribution in [0.25, 0.3) is 0 Å².